The van der Waals surface area contributed by atoms with Crippen LogP contribution in [0.15, 0.2) is 12.1 Å². The fourth-order valence-electron chi connectivity index (χ4n) is 0.696. The molecule has 2 nitrogen and oxygen atoms in total. The molecule has 72 valence electrons. The molecule has 0 N–H and O–H groups in total. The van der Waals surface area contributed by atoms with Gasteiger partial charge in [0, 0.05) is 6.07 Å². The third kappa shape index (κ3) is 3.10. The number of ether oxygens (including phenoxy) is 1. The van der Waals surface area contributed by atoms with E-state index >= 15 is 0 Å². The molecule has 0 saturated heterocycles. The van der Waals surface area contributed by atoms with E-state index in [1.807, 2.05) is 0 Å². The average Bonchev–Trinajstić information content (AvgIpc) is 1.94. The number of pyridine rings is 1. The zero-order chi connectivity index (χ0) is 10.1. The summed E-state index contributed by atoms with van der Waals surface area (Å²) in [4.78, 5) is 3.48. The molecule has 1 rings (SSSR count). The number of alkyl halides is 3. The Labute approximate surface area is 77.3 Å². The largest absolute Gasteiger partial charge is 0.574 e. The molecule has 1 heterocycles. The van der Waals surface area contributed by atoms with Gasteiger partial charge in [-0.05, 0) is 13.0 Å². The fraction of sp³-hybridized carbons (Fsp3) is 0.286. The van der Waals surface area contributed by atoms with Gasteiger partial charge in [-0.1, -0.05) is 11.6 Å². The van der Waals surface area contributed by atoms with Crippen LogP contribution in [0.4, 0.5) is 13.2 Å². The molecule has 0 bridgehead atoms. The Morgan fingerprint density at radius 3 is 2.46 bits per heavy atom. The molecule has 0 atom stereocenters. The van der Waals surface area contributed by atoms with E-state index in [0.717, 1.165) is 6.07 Å². The summed E-state index contributed by atoms with van der Waals surface area (Å²) in [5.74, 6) is -0.505. The van der Waals surface area contributed by atoms with Crippen molar-refractivity contribution >= 4 is 11.6 Å². The molecule has 0 aliphatic heterocycles. The van der Waals surface area contributed by atoms with Crippen LogP contribution in [0.1, 0.15) is 5.69 Å². The summed E-state index contributed by atoms with van der Waals surface area (Å²) in [6, 6.07) is 2.35. The standard InChI is InChI=1S/C7H5ClF3NO/c1-4-5(8)2-3-6(12-4)13-7(9,10)11/h2-3H,1H3. The molecule has 0 amide bonds. The molecule has 0 aliphatic carbocycles. The van der Waals surface area contributed by atoms with Gasteiger partial charge in [0.1, 0.15) is 0 Å². The number of hydrogen-bond acceptors (Lipinski definition) is 2. The minimum atomic E-state index is -4.72. The third-order valence-corrected chi connectivity index (χ3v) is 1.62. The minimum Gasteiger partial charge on any atom is -0.388 e. The SMILES string of the molecule is Cc1nc(OC(F)(F)F)ccc1Cl. The Kier molecular flexibility index (Phi) is 2.66. The maximum Gasteiger partial charge on any atom is 0.574 e. The van der Waals surface area contributed by atoms with E-state index < -0.39 is 12.2 Å². The molecule has 0 aliphatic rings. The zero-order valence-electron chi connectivity index (χ0n) is 6.52. The summed E-state index contributed by atoms with van der Waals surface area (Å²) in [5, 5.41) is 0.300. The fourth-order valence-corrected chi connectivity index (χ4v) is 0.802. The van der Waals surface area contributed by atoms with Gasteiger partial charge in [0.05, 0.1) is 10.7 Å². The highest BCUT2D eigenvalue weighted by Crippen LogP contribution is 2.23. The molecule has 0 spiro atoms. The first-order valence-corrected chi connectivity index (χ1v) is 3.65. The van der Waals surface area contributed by atoms with Crippen molar-refractivity contribution in [3.8, 4) is 5.88 Å². The van der Waals surface area contributed by atoms with Crippen molar-refractivity contribution in [2.45, 2.75) is 13.3 Å². The molecular weight excluding hydrogens is 207 g/mol. The number of halogens is 4. The van der Waals surface area contributed by atoms with Gasteiger partial charge in [0.25, 0.3) is 0 Å². The normalized spacial score (nSPS) is 11.5. The monoisotopic (exact) mass is 211 g/mol. The van der Waals surface area contributed by atoms with Crippen molar-refractivity contribution in [1.82, 2.24) is 4.98 Å². The van der Waals surface area contributed by atoms with E-state index in [9.17, 15) is 13.2 Å². The topological polar surface area (TPSA) is 22.1 Å². The molecule has 0 unspecified atom stereocenters. The van der Waals surface area contributed by atoms with Gasteiger partial charge in [-0.25, -0.2) is 4.98 Å². The van der Waals surface area contributed by atoms with E-state index in [-0.39, 0.29) is 0 Å². The Balaban J connectivity index is 2.86. The summed E-state index contributed by atoms with van der Waals surface area (Å²) in [5.41, 5.74) is 0.295. The average molecular weight is 212 g/mol. The van der Waals surface area contributed by atoms with Crippen molar-refractivity contribution in [3.63, 3.8) is 0 Å². The smallest absolute Gasteiger partial charge is 0.388 e. The van der Waals surface area contributed by atoms with Crippen LogP contribution >= 0.6 is 11.6 Å². The van der Waals surface area contributed by atoms with E-state index in [0.29, 0.717) is 10.7 Å². The molecular formula is C7H5ClF3NO. The van der Waals surface area contributed by atoms with Crippen molar-refractivity contribution in [2.24, 2.45) is 0 Å². The summed E-state index contributed by atoms with van der Waals surface area (Å²) in [6.45, 7) is 1.49. The van der Waals surface area contributed by atoms with Crippen LogP contribution in [-0.2, 0) is 0 Å². The number of hydrogen-bond donors (Lipinski definition) is 0. The van der Waals surface area contributed by atoms with E-state index in [1.54, 1.807) is 0 Å². The molecule has 0 saturated carbocycles. The first-order chi connectivity index (χ1) is 5.88. The maximum atomic E-state index is 11.7. The van der Waals surface area contributed by atoms with E-state index in [1.165, 1.54) is 13.0 Å². The van der Waals surface area contributed by atoms with E-state index in [2.05, 4.69) is 9.72 Å². The molecule has 1 aromatic rings. The second-order valence-corrected chi connectivity index (χ2v) is 2.67. The second kappa shape index (κ2) is 3.41. The lowest BCUT2D eigenvalue weighted by atomic mass is 10.4. The van der Waals surface area contributed by atoms with Gasteiger partial charge >= 0.3 is 6.36 Å². The molecule has 0 radical (unpaired) electrons. The van der Waals surface area contributed by atoms with Crippen LogP contribution in [0.25, 0.3) is 0 Å². The summed E-state index contributed by atoms with van der Waals surface area (Å²) in [7, 11) is 0. The Morgan fingerprint density at radius 1 is 1.38 bits per heavy atom. The predicted molar refractivity (Wildman–Crippen MR) is 40.7 cm³/mol. The van der Waals surface area contributed by atoms with Crippen LogP contribution in [0.3, 0.4) is 0 Å². The van der Waals surface area contributed by atoms with Gasteiger partial charge in [0.15, 0.2) is 0 Å². The highest BCUT2D eigenvalue weighted by molar-refractivity contribution is 6.31. The lowest BCUT2D eigenvalue weighted by Crippen LogP contribution is -2.18. The zero-order valence-corrected chi connectivity index (χ0v) is 7.28. The molecule has 0 fully saturated rings. The van der Waals surface area contributed by atoms with E-state index in [4.69, 9.17) is 11.6 Å². The quantitative estimate of drug-likeness (QED) is 0.713. The lowest BCUT2D eigenvalue weighted by molar-refractivity contribution is -0.276. The van der Waals surface area contributed by atoms with Gasteiger partial charge in [0.2, 0.25) is 5.88 Å². The van der Waals surface area contributed by atoms with Crippen LogP contribution in [0.2, 0.25) is 5.02 Å². The van der Waals surface area contributed by atoms with Crippen molar-refractivity contribution in [2.75, 3.05) is 0 Å². The summed E-state index contributed by atoms with van der Waals surface area (Å²) >= 11 is 5.55. The van der Waals surface area contributed by atoms with Crippen molar-refractivity contribution < 1.29 is 17.9 Å². The number of rotatable bonds is 1. The highest BCUT2D eigenvalue weighted by atomic mass is 35.5. The Bertz CT molecular complexity index is 313. The first kappa shape index (κ1) is 10.1. The van der Waals surface area contributed by atoms with Crippen molar-refractivity contribution in [3.05, 3.63) is 22.8 Å². The minimum absolute atomic E-state index is 0.295. The number of aryl methyl sites for hydroxylation is 1. The molecule has 13 heavy (non-hydrogen) atoms. The molecule has 6 heteroatoms. The van der Waals surface area contributed by atoms with Gasteiger partial charge in [-0.2, -0.15) is 0 Å². The van der Waals surface area contributed by atoms with Gasteiger partial charge < -0.3 is 4.74 Å². The van der Waals surface area contributed by atoms with Crippen LogP contribution in [0.5, 0.6) is 5.88 Å². The van der Waals surface area contributed by atoms with Crippen LogP contribution in [-0.4, -0.2) is 11.3 Å². The number of aromatic nitrogens is 1. The Hall–Kier alpha value is -0.970. The first-order valence-electron chi connectivity index (χ1n) is 3.27. The molecule has 0 aromatic carbocycles. The van der Waals surface area contributed by atoms with Gasteiger partial charge in [-0.3, -0.25) is 0 Å². The summed E-state index contributed by atoms with van der Waals surface area (Å²) < 4.78 is 38.6. The van der Waals surface area contributed by atoms with Gasteiger partial charge in [-0.15, -0.1) is 13.2 Å². The lowest BCUT2D eigenvalue weighted by Gasteiger charge is -2.08. The third-order valence-electron chi connectivity index (χ3n) is 1.22. The second-order valence-electron chi connectivity index (χ2n) is 2.26. The van der Waals surface area contributed by atoms with Crippen LogP contribution < -0.4 is 4.74 Å². The van der Waals surface area contributed by atoms with Crippen molar-refractivity contribution in [1.29, 1.82) is 0 Å². The number of nitrogens with zero attached hydrogens (tertiary/aromatic N) is 1. The maximum absolute atomic E-state index is 11.7. The molecule has 1 aromatic heterocycles. The van der Waals surface area contributed by atoms with Crippen LogP contribution in [0, 0.1) is 6.92 Å². The summed E-state index contributed by atoms with van der Waals surface area (Å²) in [6.07, 6.45) is -4.72. The Morgan fingerprint density at radius 2 is 2.00 bits per heavy atom. The highest BCUT2D eigenvalue weighted by Gasteiger charge is 2.31. The predicted octanol–water partition coefficient (Wildman–Crippen LogP) is 2.94.